The number of thioether (sulfide) groups is 1. The van der Waals surface area contributed by atoms with E-state index in [1.807, 2.05) is 24.3 Å². The summed E-state index contributed by atoms with van der Waals surface area (Å²) in [5.41, 5.74) is 8.63. The number of benzene rings is 3. The normalized spacial score (nSPS) is 14.5. The summed E-state index contributed by atoms with van der Waals surface area (Å²) in [4.78, 5) is 25.7. The van der Waals surface area contributed by atoms with Crippen molar-refractivity contribution in [2.45, 2.75) is 27.4 Å². The summed E-state index contributed by atoms with van der Waals surface area (Å²) in [6.07, 6.45) is 1.74. The van der Waals surface area contributed by atoms with E-state index < -0.39 is 5.91 Å². The Labute approximate surface area is 219 Å². The molecule has 0 saturated carbocycles. The third-order valence-corrected chi connectivity index (χ3v) is 7.19. The number of carbonyl (C=O) groups is 2. The van der Waals surface area contributed by atoms with E-state index in [-0.39, 0.29) is 10.2 Å². The van der Waals surface area contributed by atoms with Crippen LogP contribution >= 0.6 is 35.6 Å². The second kappa shape index (κ2) is 10.6. The van der Waals surface area contributed by atoms with Crippen molar-refractivity contribution >= 4 is 57.8 Å². The Morgan fingerprint density at radius 2 is 1.69 bits per heavy atom. The van der Waals surface area contributed by atoms with E-state index in [9.17, 15) is 9.59 Å². The van der Waals surface area contributed by atoms with Crippen LogP contribution in [0.15, 0.2) is 65.6 Å². The van der Waals surface area contributed by atoms with E-state index in [0.717, 1.165) is 33.6 Å². The van der Waals surface area contributed by atoms with Gasteiger partial charge >= 0.3 is 0 Å². The van der Waals surface area contributed by atoms with Crippen molar-refractivity contribution in [3.63, 3.8) is 0 Å². The second-order valence-corrected chi connectivity index (χ2v) is 10.3. The molecule has 4 rings (SSSR count). The number of aryl methyl sites for hydroxylation is 3. The molecule has 0 aromatic heterocycles. The van der Waals surface area contributed by atoms with Crippen LogP contribution in [0.1, 0.15) is 38.2 Å². The lowest BCUT2D eigenvalue weighted by Gasteiger charge is -2.15. The summed E-state index contributed by atoms with van der Waals surface area (Å²) in [6, 6.07) is 18.2. The Balaban J connectivity index is 1.40. The predicted octanol–water partition coefficient (Wildman–Crippen LogP) is 6.39. The van der Waals surface area contributed by atoms with Gasteiger partial charge in [0.1, 0.15) is 12.4 Å². The largest absolute Gasteiger partial charge is 0.489 e. The van der Waals surface area contributed by atoms with Gasteiger partial charge in [0.05, 0.1) is 4.91 Å². The molecule has 2 amide bonds. The minimum Gasteiger partial charge on any atom is -0.489 e. The number of halogens is 1. The monoisotopic (exact) mass is 522 g/mol. The number of hydrogen-bond acceptors (Lipinski definition) is 5. The van der Waals surface area contributed by atoms with Gasteiger partial charge in [-0.2, -0.15) is 5.01 Å². The van der Waals surface area contributed by atoms with Gasteiger partial charge in [-0.05, 0) is 103 Å². The van der Waals surface area contributed by atoms with Gasteiger partial charge in [-0.15, -0.1) is 0 Å². The van der Waals surface area contributed by atoms with Crippen molar-refractivity contribution < 1.29 is 14.3 Å². The number of nitrogens with zero attached hydrogens (tertiary/aromatic N) is 1. The van der Waals surface area contributed by atoms with Gasteiger partial charge in [0.15, 0.2) is 4.32 Å². The average molecular weight is 523 g/mol. The van der Waals surface area contributed by atoms with E-state index in [1.54, 1.807) is 30.3 Å². The molecule has 0 aliphatic carbocycles. The molecular formula is C27H23ClN2O3S2. The van der Waals surface area contributed by atoms with Crippen LogP contribution in [-0.4, -0.2) is 21.1 Å². The van der Waals surface area contributed by atoms with Gasteiger partial charge in [-0.25, -0.2) is 0 Å². The third-order valence-electron chi connectivity index (χ3n) is 5.64. The SMILES string of the molecule is Cc1cc(C)c(COc2ccc(/C=C3/SC(=S)N(NC(=O)c4ccc(Cl)cc4)C3=O)cc2)cc1C. The third kappa shape index (κ3) is 5.93. The zero-order chi connectivity index (χ0) is 25.1. The maximum absolute atomic E-state index is 12.8. The van der Waals surface area contributed by atoms with Crippen molar-refractivity contribution in [2.24, 2.45) is 0 Å². The lowest BCUT2D eigenvalue weighted by atomic mass is 10.0. The van der Waals surface area contributed by atoms with Gasteiger partial charge in [-0.3, -0.25) is 15.0 Å². The maximum Gasteiger partial charge on any atom is 0.285 e. The first-order chi connectivity index (χ1) is 16.7. The van der Waals surface area contributed by atoms with Crippen LogP contribution in [0.5, 0.6) is 5.75 Å². The first-order valence-corrected chi connectivity index (χ1v) is 12.5. The first kappa shape index (κ1) is 25.0. The topological polar surface area (TPSA) is 58.6 Å². The van der Waals surface area contributed by atoms with Crippen molar-refractivity contribution in [3.8, 4) is 5.75 Å². The van der Waals surface area contributed by atoms with Gasteiger partial charge in [0.2, 0.25) is 0 Å². The van der Waals surface area contributed by atoms with E-state index in [2.05, 4.69) is 38.3 Å². The number of hydrazine groups is 1. The fraction of sp³-hybridized carbons (Fsp3) is 0.148. The Bertz CT molecular complexity index is 1340. The molecule has 0 radical (unpaired) electrons. The molecule has 5 nitrogen and oxygen atoms in total. The van der Waals surface area contributed by atoms with E-state index in [0.29, 0.717) is 22.1 Å². The molecule has 3 aromatic carbocycles. The molecule has 1 saturated heterocycles. The highest BCUT2D eigenvalue weighted by Gasteiger charge is 2.33. The number of rotatable bonds is 6. The zero-order valence-electron chi connectivity index (χ0n) is 19.4. The summed E-state index contributed by atoms with van der Waals surface area (Å²) in [6.45, 7) is 6.77. The van der Waals surface area contributed by atoms with Crippen LogP contribution < -0.4 is 10.2 Å². The van der Waals surface area contributed by atoms with Gasteiger partial charge in [-0.1, -0.05) is 47.6 Å². The van der Waals surface area contributed by atoms with Gasteiger partial charge < -0.3 is 4.74 Å². The van der Waals surface area contributed by atoms with Crippen molar-refractivity contribution in [2.75, 3.05) is 0 Å². The first-order valence-electron chi connectivity index (χ1n) is 10.9. The van der Waals surface area contributed by atoms with E-state index in [1.165, 1.54) is 16.7 Å². The summed E-state index contributed by atoms with van der Waals surface area (Å²) in [5, 5.41) is 1.61. The van der Waals surface area contributed by atoms with Crippen LogP contribution in [0.2, 0.25) is 5.02 Å². The van der Waals surface area contributed by atoms with Crippen molar-refractivity contribution in [1.82, 2.24) is 10.4 Å². The number of amides is 2. The quantitative estimate of drug-likeness (QED) is 0.300. The lowest BCUT2D eigenvalue weighted by molar-refractivity contribution is -0.123. The molecule has 0 bridgehead atoms. The van der Waals surface area contributed by atoms with Crippen LogP contribution in [0, 0.1) is 20.8 Å². The molecular weight excluding hydrogens is 500 g/mol. The highest BCUT2D eigenvalue weighted by Crippen LogP contribution is 2.32. The number of thiocarbonyl (C=S) groups is 1. The molecule has 0 spiro atoms. The van der Waals surface area contributed by atoms with E-state index in [4.69, 9.17) is 28.6 Å². The smallest absolute Gasteiger partial charge is 0.285 e. The molecule has 1 aliphatic heterocycles. The van der Waals surface area contributed by atoms with Crippen LogP contribution in [0.3, 0.4) is 0 Å². The minimum atomic E-state index is -0.445. The zero-order valence-corrected chi connectivity index (χ0v) is 21.8. The van der Waals surface area contributed by atoms with Gasteiger partial charge in [0.25, 0.3) is 11.8 Å². The Morgan fingerprint density at radius 3 is 2.37 bits per heavy atom. The summed E-state index contributed by atoms with van der Waals surface area (Å²) < 4.78 is 6.22. The number of hydrogen-bond donors (Lipinski definition) is 1. The summed E-state index contributed by atoms with van der Waals surface area (Å²) in [5.74, 6) is -0.0878. The fourth-order valence-electron chi connectivity index (χ4n) is 3.48. The standard InChI is InChI=1S/C27H23ClN2O3S2/c1-16-12-18(3)21(13-17(16)2)15-33-23-10-4-19(5-11-23)14-24-26(32)30(27(34)35-24)29-25(31)20-6-8-22(28)9-7-20/h4-14H,15H2,1-3H3,(H,29,31)/b24-14+. The van der Waals surface area contributed by atoms with E-state index >= 15 is 0 Å². The average Bonchev–Trinajstić information content (AvgIpc) is 3.09. The molecule has 1 fully saturated rings. The van der Waals surface area contributed by atoms with Crippen molar-refractivity contribution in [3.05, 3.63) is 104 Å². The maximum atomic E-state index is 12.8. The molecule has 8 heteroatoms. The van der Waals surface area contributed by atoms with Crippen molar-refractivity contribution in [1.29, 1.82) is 0 Å². The Morgan fingerprint density at radius 1 is 1.03 bits per heavy atom. The number of ether oxygens (including phenoxy) is 1. The molecule has 178 valence electrons. The highest BCUT2D eigenvalue weighted by atomic mass is 35.5. The van der Waals surface area contributed by atoms with Gasteiger partial charge in [0, 0.05) is 10.6 Å². The molecule has 1 heterocycles. The number of nitrogens with one attached hydrogen (secondary N) is 1. The summed E-state index contributed by atoms with van der Waals surface area (Å²) in [7, 11) is 0. The fourth-order valence-corrected chi connectivity index (χ4v) is 4.79. The molecule has 0 unspecified atom stereocenters. The molecule has 0 atom stereocenters. The Hall–Kier alpha value is -3.13. The summed E-state index contributed by atoms with van der Waals surface area (Å²) >= 11 is 12.3. The highest BCUT2D eigenvalue weighted by molar-refractivity contribution is 8.26. The Kier molecular flexibility index (Phi) is 7.60. The molecule has 1 N–H and O–H groups in total. The predicted molar refractivity (Wildman–Crippen MR) is 145 cm³/mol. The lowest BCUT2D eigenvalue weighted by Crippen LogP contribution is -2.44. The molecule has 35 heavy (non-hydrogen) atoms. The minimum absolute atomic E-state index is 0.257. The second-order valence-electron chi connectivity index (χ2n) is 8.19. The molecule has 3 aromatic rings. The van der Waals surface area contributed by atoms with Crippen LogP contribution in [-0.2, 0) is 11.4 Å². The van der Waals surface area contributed by atoms with Crippen LogP contribution in [0.4, 0.5) is 0 Å². The van der Waals surface area contributed by atoms with Crippen LogP contribution in [0.25, 0.3) is 6.08 Å². The molecule has 1 aliphatic rings. The number of carbonyl (C=O) groups excluding carboxylic acids is 2.